The summed E-state index contributed by atoms with van der Waals surface area (Å²) in [7, 11) is 0. The van der Waals surface area contributed by atoms with Gasteiger partial charge in [-0.15, -0.1) is 0 Å². The molecule has 1 N–H and O–H groups in total. The maximum Gasteiger partial charge on any atom is 0.331 e. The van der Waals surface area contributed by atoms with Crippen LogP contribution in [-0.4, -0.2) is 11.1 Å². The van der Waals surface area contributed by atoms with E-state index in [4.69, 9.17) is 10.4 Å². The summed E-state index contributed by atoms with van der Waals surface area (Å²) >= 11 is 0. The molecule has 0 spiro atoms. The Hall–Kier alpha value is -2.08. The Kier molecular flexibility index (Phi) is 6.32. The van der Waals surface area contributed by atoms with Gasteiger partial charge >= 0.3 is 5.97 Å². The molecule has 0 aromatic heterocycles. The van der Waals surface area contributed by atoms with E-state index in [1.807, 2.05) is 6.07 Å². The lowest BCUT2D eigenvalue weighted by Crippen LogP contribution is -1.99. The molecule has 0 aromatic rings. The van der Waals surface area contributed by atoms with Crippen molar-refractivity contribution in [2.45, 2.75) is 13.3 Å². The van der Waals surface area contributed by atoms with Crippen molar-refractivity contribution in [2.75, 3.05) is 0 Å². The topological polar surface area (TPSA) is 61.1 Å². The first kappa shape index (κ1) is 12.9. The van der Waals surface area contributed by atoms with Gasteiger partial charge in [0, 0.05) is 11.6 Å². The van der Waals surface area contributed by atoms with E-state index in [-0.39, 0.29) is 0 Å². The fraction of sp³-hybridized carbons (Fsp3) is 0.167. The van der Waals surface area contributed by atoms with Crippen LogP contribution in [0.15, 0.2) is 48.1 Å². The molecule has 0 aromatic carbocycles. The van der Waals surface area contributed by atoms with E-state index in [1.54, 1.807) is 25.2 Å². The lowest BCUT2D eigenvalue weighted by molar-refractivity contribution is -0.132. The largest absolute Gasteiger partial charge is 0.478 e. The molecule has 0 saturated heterocycles. The Balaban J connectivity index is 5.04. The van der Waals surface area contributed by atoms with Crippen LogP contribution in [0.4, 0.5) is 0 Å². The molecule has 0 rings (SSSR count). The monoisotopic (exact) mass is 203 g/mol. The average molecular weight is 203 g/mol. The third-order valence-electron chi connectivity index (χ3n) is 1.66. The molecule has 0 heterocycles. The fourth-order valence-corrected chi connectivity index (χ4v) is 0.938. The number of carboxylic acid groups (broad SMARTS) is 1. The summed E-state index contributed by atoms with van der Waals surface area (Å²) in [5, 5.41) is 17.2. The summed E-state index contributed by atoms with van der Waals surface area (Å²) in [6, 6.07) is 1.84. The third-order valence-corrected chi connectivity index (χ3v) is 1.66. The second-order valence-electron chi connectivity index (χ2n) is 2.69. The molecule has 0 atom stereocenters. The minimum atomic E-state index is -0.946. The number of carboxylic acids is 1. The molecule has 3 heteroatoms. The predicted molar refractivity (Wildman–Crippen MR) is 59.0 cm³/mol. The van der Waals surface area contributed by atoms with Crippen molar-refractivity contribution in [2.24, 2.45) is 0 Å². The molecule has 78 valence electrons. The van der Waals surface area contributed by atoms with E-state index in [2.05, 4.69) is 6.58 Å². The maximum absolute atomic E-state index is 10.7. The molecule has 0 aliphatic heterocycles. The van der Waals surface area contributed by atoms with Gasteiger partial charge < -0.3 is 5.11 Å². The highest BCUT2D eigenvalue weighted by Gasteiger charge is 2.03. The number of allylic oxidation sites excluding steroid dienone is 6. The van der Waals surface area contributed by atoms with Crippen LogP contribution in [0.5, 0.6) is 0 Å². The van der Waals surface area contributed by atoms with Crippen LogP contribution in [0, 0.1) is 11.3 Å². The summed E-state index contributed by atoms with van der Waals surface area (Å²) in [5.74, 6) is -0.946. The van der Waals surface area contributed by atoms with E-state index in [9.17, 15) is 4.79 Å². The van der Waals surface area contributed by atoms with Gasteiger partial charge in [0.1, 0.15) is 0 Å². The highest BCUT2D eigenvalue weighted by atomic mass is 16.4. The third kappa shape index (κ3) is 5.27. The SMILES string of the molecule is C=CC=C(C=CC#N)C=C(CC)C(=O)O. The van der Waals surface area contributed by atoms with E-state index in [0.717, 1.165) is 0 Å². The highest BCUT2D eigenvalue weighted by molar-refractivity contribution is 5.87. The average Bonchev–Trinajstić information content (AvgIpc) is 2.21. The molecule has 0 amide bonds. The molecule has 3 nitrogen and oxygen atoms in total. The number of nitrogens with zero attached hydrogens (tertiary/aromatic N) is 1. The standard InChI is InChI=1S/C12H13NO2/c1-3-6-10(7-5-8-13)9-11(4-2)12(14)15/h3,5-7,9H,1,4H2,2H3,(H,14,15). The molecule has 0 unspecified atom stereocenters. The van der Waals surface area contributed by atoms with Gasteiger partial charge in [-0.25, -0.2) is 4.79 Å². The Morgan fingerprint density at radius 1 is 1.60 bits per heavy atom. The summed E-state index contributed by atoms with van der Waals surface area (Å²) in [5.41, 5.74) is 0.941. The molecule has 0 aliphatic rings. The predicted octanol–water partition coefficient (Wildman–Crippen LogP) is 2.60. The van der Waals surface area contributed by atoms with Crippen molar-refractivity contribution < 1.29 is 9.90 Å². The van der Waals surface area contributed by atoms with Crippen LogP contribution in [0.25, 0.3) is 0 Å². The van der Waals surface area contributed by atoms with E-state index in [1.165, 1.54) is 12.2 Å². The molecule has 15 heavy (non-hydrogen) atoms. The van der Waals surface area contributed by atoms with Crippen molar-refractivity contribution in [1.82, 2.24) is 0 Å². The fourth-order valence-electron chi connectivity index (χ4n) is 0.938. The van der Waals surface area contributed by atoms with Crippen LogP contribution in [0.2, 0.25) is 0 Å². The zero-order valence-corrected chi connectivity index (χ0v) is 8.60. The summed E-state index contributed by atoms with van der Waals surface area (Å²) < 4.78 is 0. The highest BCUT2D eigenvalue weighted by Crippen LogP contribution is 2.08. The molecule has 0 bridgehead atoms. The molecule has 0 radical (unpaired) electrons. The zero-order valence-electron chi connectivity index (χ0n) is 8.60. The van der Waals surface area contributed by atoms with E-state index >= 15 is 0 Å². The number of aliphatic carboxylic acids is 1. The van der Waals surface area contributed by atoms with Gasteiger partial charge in [0.05, 0.1) is 6.07 Å². The summed E-state index contributed by atoms with van der Waals surface area (Å²) in [6.07, 6.45) is 7.98. The smallest absolute Gasteiger partial charge is 0.331 e. The summed E-state index contributed by atoms with van der Waals surface area (Å²) in [6.45, 7) is 5.28. The van der Waals surface area contributed by atoms with Crippen molar-refractivity contribution in [3.8, 4) is 6.07 Å². The van der Waals surface area contributed by atoms with E-state index < -0.39 is 5.97 Å². The van der Waals surface area contributed by atoms with E-state index in [0.29, 0.717) is 17.6 Å². The first-order chi connectivity index (χ1) is 7.15. The van der Waals surface area contributed by atoms with Gasteiger partial charge in [0.25, 0.3) is 0 Å². The Morgan fingerprint density at radius 3 is 2.67 bits per heavy atom. The molecular formula is C12H13NO2. The maximum atomic E-state index is 10.7. The number of carbonyl (C=O) groups is 1. The number of rotatable bonds is 5. The number of nitriles is 1. The Bertz CT molecular complexity index is 368. The van der Waals surface area contributed by atoms with Gasteiger partial charge in [-0.05, 0) is 24.1 Å². The second kappa shape index (κ2) is 7.34. The molecule has 0 saturated carbocycles. The van der Waals surface area contributed by atoms with Crippen molar-refractivity contribution >= 4 is 5.97 Å². The van der Waals surface area contributed by atoms with Gasteiger partial charge in [-0.1, -0.05) is 25.7 Å². The number of hydrogen-bond acceptors (Lipinski definition) is 2. The van der Waals surface area contributed by atoms with Gasteiger partial charge in [0.15, 0.2) is 0 Å². The van der Waals surface area contributed by atoms with Crippen LogP contribution >= 0.6 is 0 Å². The Labute approximate surface area is 89.3 Å². The van der Waals surface area contributed by atoms with Gasteiger partial charge in [-0.3, -0.25) is 0 Å². The van der Waals surface area contributed by atoms with Crippen LogP contribution in [0.3, 0.4) is 0 Å². The zero-order chi connectivity index (χ0) is 11.7. The first-order valence-corrected chi connectivity index (χ1v) is 4.48. The normalized spacial score (nSPS) is 12.5. The molecule has 0 fully saturated rings. The summed E-state index contributed by atoms with van der Waals surface area (Å²) in [4.78, 5) is 10.7. The van der Waals surface area contributed by atoms with Crippen molar-refractivity contribution in [3.63, 3.8) is 0 Å². The van der Waals surface area contributed by atoms with Crippen LogP contribution in [0.1, 0.15) is 13.3 Å². The lowest BCUT2D eigenvalue weighted by atomic mass is 10.1. The quantitative estimate of drug-likeness (QED) is 0.424. The number of hydrogen-bond donors (Lipinski definition) is 1. The minimum Gasteiger partial charge on any atom is -0.478 e. The first-order valence-electron chi connectivity index (χ1n) is 4.48. The van der Waals surface area contributed by atoms with Crippen molar-refractivity contribution in [3.05, 3.63) is 48.1 Å². The van der Waals surface area contributed by atoms with Crippen LogP contribution in [-0.2, 0) is 4.79 Å². The van der Waals surface area contributed by atoms with Gasteiger partial charge in [0.2, 0.25) is 0 Å². The van der Waals surface area contributed by atoms with Crippen molar-refractivity contribution in [1.29, 1.82) is 5.26 Å². The Morgan fingerprint density at radius 2 is 2.27 bits per heavy atom. The minimum absolute atomic E-state index is 0.297. The van der Waals surface area contributed by atoms with Gasteiger partial charge in [-0.2, -0.15) is 5.26 Å². The second-order valence-corrected chi connectivity index (χ2v) is 2.69. The molecular weight excluding hydrogens is 190 g/mol. The molecule has 0 aliphatic carbocycles. The lowest BCUT2D eigenvalue weighted by Gasteiger charge is -1.98. The van der Waals surface area contributed by atoms with Crippen LogP contribution < -0.4 is 0 Å².